The van der Waals surface area contributed by atoms with Gasteiger partial charge in [0.1, 0.15) is 11.4 Å². The van der Waals surface area contributed by atoms with Gasteiger partial charge in [-0.15, -0.1) is 10.2 Å². The molecule has 2 aromatic carbocycles. The Morgan fingerprint density at radius 3 is 2.29 bits per heavy atom. The van der Waals surface area contributed by atoms with E-state index >= 15 is 0 Å². The molecule has 0 bridgehead atoms. The molecule has 0 spiro atoms. The molecule has 7 nitrogen and oxygen atoms in total. The van der Waals surface area contributed by atoms with Gasteiger partial charge in [-0.25, -0.2) is 4.98 Å². The Kier molecular flexibility index (Phi) is 6.71. The molecule has 0 saturated carbocycles. The number of hydrogen-bond donors (Lipinski definition) is 1. The predicted octanol–water partition coefficient (Wildman–Crippen LogP) is 4.10. The van der Waals surface area contributed by atoms with Crippen molar-refractivity contribution in [2.24, 2.45) is 0 Å². The van der Waals surface area contributed by atoms with Crippen molar-refractivity contribution >= 4 is 11.2 Å². The van der Waals surface area contributed by atoms with E-state index in [1.807, 2.05) is 62.5 Å². The molecule has 4 aromatic rings. The number of benzene rings is 2. The molecule has 31 heavy (non-hydrogen) atoms. The van der Waals surface area contributed by atoms with Crippen LogP contribution in [0.3, 0.4) is 0 Å². The molecule has 8 heteroatoms. The van der Waals surface area contributed by atoms with Crippen LogP contribution in [0.25, 0.3) is 34.3 Å². The maximum absolute atomic E-state index is 12.2. The minimum Gasteiger partial charge on any atom is -0.611 e. The van der Waals surface area contributed by atoms with E-state index in [0.29, 0.717) is 28.9 Å². The molecule has 1 unspecified atom stereocenters. The average Bonchev–Trinajstić information content (AvgIpc) is 3.31. The number of rotatable bonds is 8. The topological polar surface area (TPSA) is 99.8 Å². The zero-order valence-electron chi connectivity index (χ0n) is 17.4. The van der Waals surface area contributed by atoms with Crippen molar-refractivity contribution in [1.82, 2.24) is 25.5 Å². The minimum absolute atomic E-state index is 0.310. The first-order valence-corrected chi connectivity index (χ1v) is 11.4. The van der Waals surface area contributed by atoms with Gasteiger partial charge in [-0.2, -0.15) is 0 Å². The normalized spacial score (nSPS) is 12.1. The molecule has 2 aromatic heterocycles. The van der Waals surface area contributed by atoms with Crippen molar-refractivity contribution in [3.63, 3.8) is 0 Å². The number of aromatic nitrogens is 4. The molecule has 4 rings (SSSR count). The predicted molar refractivity (Wildman–Crippen MR) is 121 cm³/mol. The van der Waals surface area contributed by atoms with Crippen molar-refractivity contribution in [3.8, 4) is 34.3 Å². The van der Waals surface area contributed by atoms with Gasteiger partial charge in [-0.05, 0) is 66.6 Å². The fourth-order valence-electron chi connectivity index (χ4n) is 3.10. The van der Waals surface area contributed by atoms with Crippen LogP contribution in [0.2, 0.25) is 0 Å². The quantitative estimate of drug-likeness (QED) is 0.418. The van der Waals surface area contributed by atoms with E-state index in [9.17, 15) is 4.55 Å². The zero-order chi connectivity index (χ0) is 21.6. The second-order valence-corrected chi connectivity index (χ2v) is 8.57. The number of nitrogens with one attached hydrogen (secondary N) is 1. The highest BCUT2D eigenvalue weighted by molar-refractivity contribution is 7.91. The average molecular weight is 434 g/mol. The maximum atomic E-state index is 12.2. The first-order chi connectivity index (χ1) is 15.2. The summed E-state index contributed by atoms with van der Waals surface area (Å²) in [4.78, 5) is 9.72. The highest BCUT2D eigenvalue weighted by atomic mass is 32.2. The highest BCUT2D eigenvalue weighted by Gasteiger charge is 2.14. The molecule has 0 saturated heterocycles. The molecule has 0 aliphatic heterocycles. The van der Waals surface area contributed by atoms with Crippen LogP contribution in [0.4, 0.5) is 0 Å². The molecule has 0 aliphatic carbocycles. The standard InChI is InChI=1S/C23H23N5O2S/c1-3-12-31(29)19-10-8-17(9-11-19)20-14-25-15-21(26-20)23-28-27-22(30-23)18-6-4-16(5-7-18)13-24-2/h4-11,14-15,24H,3,12-13H2,1-2H3. The molecule has 1 N–H and O–H groups in total. The first kappa shape index (κ1) is 21.2. The van der Waals surface area contributed by atoms with Gasteiger partial charge < -0.3 is 14.3 Å². The van der Waals surface area contributed by atoms with Crippen LogP contribution in [-0.2, 0) is 17.7 Å². The third-order valence-electron chi connectivity index (χ3n) is 4.66. The summed E-state index contributed by atoms with van der Waals surface area (Å²) < 4.78 is 18.0. The van der Waals surface area contributed by atoms with Crippen molar-refractivity contribution in [2.45, 2.75) is 24.8 Å². The number of hydrogen-bond acceptors (Lipinski definition) is 7. The lowest BCUT2D eigenvalue weighted by Gasteiger charge is -2.09. The third-order valence-corrected chi connectivity index (χ3v) is 6.24. The van der Waals surface area contributed by atoms with Gasteiger partial charge in [0.15, 0.2) is 4.90 Å². The Hall–Kier alpha value is -3.07. The van der Waals surface area contributed by atoms with Crippen LogP contribution in [0.15, 0.2) is 70.2 Å². The summed E-state index contributed by atoms with van der Waals surface area (Å²) >= 11 is -0.973. The Balaban J connectivity index is 1.55. The maximum Gasteiger partial charge on any atom is 0.268 e. The summed E-state index contributed by atoms with van der Waals surface area (Å²) in [6.07, 6.45) is 4.16. The Bertz CT molecular complexity index is 1130. The molecule has 0 aliphatic rings. The SMILES string of the molecule is CCC[S+]([O-])c1ccc(-c2cncc(-c3nnc(-c4ccc(CNC)cc4)o3)n2)cc1. The molecule has 158 valence electrons. The molecule has 2 heterocycles. The smallest absolute Gasteiger partial charge is 0.268 e. The van der Waals surface area contributed by atoms with Crippen LogP contribution >= 0.6 is 0 Å². The lowest BCUT2D eigenvalue weighted by molar-refractivity contribution is 0.581. The second-order valence-electron chi connectivity index (χ2n) is 7.00. The van der Waals surface area contributed by atoms with Gasteiger partial charge >= 0.3 is 0 Å². The van der Waals surface area contributed by atoms with Gasteiger partial charge in [0.2, 0.25) is 5.89 Å². The fourth-order valence-corrected chi connectivity index (χ4v) is 4.15. The molecular formula is C23H23N5O2S. The highest BCUT2D eigenvalue weighted by Crippen LogP contribution is 2.25. The minimum atomic E-state index is -0.973. The molecule has 0 radical (unpaired) electrons. The molecule has 0 fully saturated rings. The Morgan fingerprint density at radius 1 is 0.903 bits per heavy atom. The van der Waals surface area contributed by atoms with Gasteiger partial charge in [0, 0.05) is 17.7 Å². The summed E-state index contributed by atoms with van der Waals surface area (Å²) in [7, 11) is 1.91. The van der Waals surface area contributed by atoms with Crippen LogP contribution in [-0.4, -0.2) is 37.5 Å². The van der Waals surface area contributed by atoms with Crippen molar-refractivity contribution in [3.05, 3.63) is 66.5 Å². The van der Waals surface area contributed by atoms with E-state index in [1.165, 1.54) is 5.56 Å². The van der Waals surface area contributed by atoms with E-state index in [4.69, 9.17) is 4.42 Å². The fraction of sp³-hybridized carbons (Fsp3) is 0.217. The van der Waals surface area contributed by atoms with Crippen LogP contribution < -0.4 is 5.32 Å². The Morgan fingerprint density at radius 2 is 1.58 bits per heavy atom. The Labute approximate surface area is 184 Å². The lowest BCUT2D eigenvalue weighted by atomic mass is 10.1. The summed E-state index contributed by atoms with van der Waals surface area (Å²) in [5, 5.41) is 11.4. The van der Waals surface area contributed by atoms with E-state index < -0.39 is 11.2 Å². The summed E-state index contributed by atoms with van der Waals surface area (Å²) in [6.45, 7) is 2.82. The van der Waals surface area contributed by atoms with E-state index in [0.717, 1.165) is 29.0 Å². The van der Waals surface area contributed by atoms with Crippen molar-refractivity contribution < 1.29 is 8.97 Å². The van der Waals surface area contributed by atoms with Crippen LogP contribution in [0.5, 0.6) is 0 Å². The van der Waals surface area contributed by atoms with Gasteiger partial charge in [-0.1, -0.05) is 19.1 Å². The first-order valence-electron chi connectivity index (χ1n) is 10.1. The van der Waals surface area contributed by atoms with Crippen LogP contribution in [0.1, 0.15) is 18.9 Å². The monoisotopic (exact) mass is 433 g/mol. The largest absolute Gasteiger partial charge is 0.611 e. The molecular weight excluding hydrogens is 410 g/mol. The van der Waals surface area contributed by atoms with Gasteiger partial charge in [0.25, 0.3) is 5.89 Å². The molecule has 0 amide bonds. The van der Waals surface area contributed by atoms with Crippen molar-refractivity contribution in [2.75, 3.05) is 12.8 Å². The van der Waals surface area contributed by atoms with E-state index in [1.54, 1.807) is 12.4 Å². The number of nitrogens with zero attached hydrogens (tertiary/aromatic N) is 4. The zero-order valence-corrected chi connectivity index (χ0v) is 18.2. The second kappa shape index (κ2) is 9.82. The summed E-state index contributed by atoms with van der Waals surface area (Å²) in [5.74, 6) is 1.40. The van der Waals surface area contributed by atoms with E-state index in [2.05, 4.69) is 25.5 Å². The molecule has 1 atom stereocenters. The van der Waals surface area contributed by atoms with Crippen molar-refractivity contribution in [1.29, 1.82) is 0 Å². The third kappa shape index (κ3) is 4.99. The van der Waals surface area contributed by atoms with Gasteiger partial charge in [0.05, 0.1) is 18.1 Å². The summed E-state index contributed by atoms with van der Waals surface area (Å²) in [6, 6.07) is 15.5. The van der Waals surface area contributed by atoms with Gasteiger partial charge in [-0.3, -0.25) is 4.98 Å². The van der Waals surface area contributed by atoms with E-state index in [-0.39, 0.29) is 0 Å². The lowest BCUT2D eigenvalue weighted by Crippen LogP contribution is -2.05. The summed E-state index contributed by atoms with van der Waals surface area (Å²) in [5.41, 5.74) is 4.09. The van der Waals surface area contributed by atoms with Crippen LogP contribution in [0, 0.1) is 0 Å².